The van der Waals surface area contributed by atoms with Crippen molar-refractivity contribution in [2.45, 2.75) is 0 Å². The molecule has 0 saturated carbocycles. The predicted octanol–water partition coefficient (Wildman–Crippen LogP) is 1.83. The number of fused-ring (bicyclic) bond motifs is 1. The molecular weight excluding hydrogens is 144 g/mol. The Labute approximate surface area is 62.7 Å². The standard InChI is InChI=1S/C7H6N2S/c8-7-6-4-10-2-1-5(6)3-9-7/h1-4H,(H2,8,9). The van der Waals surface area contributed by atoms with Crippen LogP contribution in [0.25, 0.3) is 11.1 Å². The van der Waals surface area contributed by atoms with Crippen molar-refractivity contribution in [2.75, 3.05) is 5.73 Å². The maximum atomic E-state index is 5.57. The van der Waals surface area contributed by atoms with E-state index in [4.69, 9.17) is 5.73 Å². The van der Waals surface area contributed by atoms with Gasteiger partial charge >= 0.3 is 0 Å². The molecule has 0 aliphatic carbocycles. The molecule has 2 nitrogen and oxygen atoms in total. The lowest BCUT2D eigenvalue weighted by Crippen LogP contribution is -1.84. The van der Waals surface area contributed by atoms with Gasteiger partial charge in [0.05, 0.1) is 0 Å². The highest BCUT2D eigenvalue weighted by atomic mass is 32.1. The quantitative estimate of drug-likeness (QED) is 0.622. The molecule has 2 rings (SSSR count). The molecule has 0 amide bonds. The molecule has 3 heteroatoms. The van der Waals surface area contributed by atoms with Gasteiger partial charge in [0.2, 0.25) is 0 Å². The second kappa shape index (κ2) is 1.95. The van der Waals surface area contributed by atoms with E-state index in [0.717, 1.165) is 11.1 Å². The van der Waals surface area contributed by atoms with E-state index in [1.165, 1.54) is 0 Å². The Kier molecular flexibility index (Phi) is 1.11. The molecule has 0 spiro atoms. The van der Waals surface area contributed by atoms with E-state index in [0.29, 0.717) is 5.82 Å². The van der Waals surface area contributed by atoms with Crippen LogP contribution in [-0.2, 0) is 0 Å². The second-order valence-electron chi connectivity index (χ2n) is 2.07. The van der Waals surface area contributed by atoms with Crippen LogP contribution in [0.2, 0.25) is 0 Å². The van der Waals surface area contributed by atoms with Gasteiger partial charge in [-0.3, -0.25) is 0 Å². The van der Waals surface area contributed by atoms with Gasteiger partial charge in [-0.15, -0.1) is 0 Å². The third-order valence-electron chi connectivity index (χ3n) is 1.44. The molecule has 0 aromatic heterocycles. The summed E-state index contributed by atoms with van der Waals surface area (Å²) in [5, 5.41) is 4.03. The molecular formula is C7H6N2S. The number of hydrogen-bond donors (Lipinski definition) is 1. The molecule has 0 bridgehead atoms. The average Bonchev–Trinajstić information content (AvgIpc) is 2.34. The van der Waals surface area contributed by atoms with Crippen molar-refractivity contribution >= 4 is 17.2 Å². The first kappa shape index (κ1) is 5.68. The van der Waals surface area contributed by atoms with Crippen LogP contribution in [0.1, 0.15) is 0 Å². The molecule has 2 aliphatic rings. The number of nitrogens with two attached hydrogens (primary N) is 1. The summed E-state index contributed by atoms with van der Waals surface area (Å²) in [6, 6.07) is 2.02. The highest BCUT2D eigenvalue weighted by Crippen LogP contribution is 2.27. The molecule has 0 fully saturated rings. The lowest BCUT2D eigenvalue weighted by Gasteiger charge is -1.93. The minimum atomic E-state index is 0.631. The van der Waals surface area contributed by atoms with Gasteiger partial charge in [0.15, 0.2) is 0 Å². The topological polar surface area (TPSA) is 38.9 Å². The van der Waals surface area contributed by atoms with Crippen LogP contribution in [-0.4, -0.2) is 4.98 Å². The van der Waals surface area contributed by atoms with Crippen molar-refractivity contribution in [1.82, 2.24) is 4.98 Å². The second-order valence-corrected chi connectivity index (χ2v) is 2.85. The number of nitrogens with zero attached hydrogens (tertiary/aromatic N) is 1. The van der Waals surface area contributed by atoms with Gasteiger partial charge in [-0.05, 0) is 11.4 Å². The zero-order chi connectivity index (χ0) is 6.97. The molecule has 2 heterocycles. The number of nitrogen functional groups attached to an aromatic ring is 1. The van der Waals surface area contributed by atoms with Crippen molar-refractivity contribution < 1.29 is 0 Å². The molecule has 0 aromatic rings. The lowest BCUT2D eigenvalue weighted by atomic mass is 10.2. The Balaban J connectivity index is 2.78. The average molecular weight is 150 g/mol. The van der Waals surface area contributed by atoms with E-state index in [2.05, 4.69) is 4.98 Å². The zero-order valence-electron chi connectivity index (χ0n) is 5.24. The smallest absolute Gasteiger partial charge is 0.132 e. The third kappa shape index (κ3) is 0.675. The largest absolute Gasteiger partial charge is 0.383 e. The highest BCUT2D eigenvalue weighted by molar-refractivity contribution is 7.08. The molecule has 0 radical (unpaired) electrons. The van der Waals surface area contributed by atoms with Crippen molar-refractivity contribution in [2.24, 2.45) is 0 Å². The minimum Gasteiger partial charge on any atom is -0.383 e. The van der Waals surface area contributed by atoms with Gasteiger partial charge in [0.1, 0.15) is 5.82 Å². The fourth-order valence-electron chi connectivity index (χ4n) is 0.907. The summed E-state index contributed by atoms with van der Waals surface area (Å²) in [7, 11) is 0. The molecule has 0 unspecified atom stereocenters. The van der Waals surface area contributed by atoms with Gasteiger partial charge in [-0.25, -0.2) is 4.98 Å². The monoisotopic (exact) mass is 150 g/mol. The van der Waals surface area contributed by atoms with Gasteiger partial charge in [0, 0.05) is 22.7 Å². The Morgan fingerprint density at radius 2 is 2.40 bits per heavy atom. The first-order valence-electron chi connectivity index (χ1n) is 2.94. The van der Waals surface area contributed by atoms with E-state index in [1.807, 2.05) is 16.8 Å². The van der Waals surface area contributed by atoms with Crippen LogP contribution in [0.5, 0.6) is 0 Å². The highest BCUT2D eigenvalue weighted by Gasteiger charge is 2.05. The van der Waals surface area contributed by atoms with Crippen molar-refractivity contribution in [3.05, 3.63) is 23.0 Å². The number of anilines is 1. The van der Waals surface area contributed by atoms with Gasteiger partial charge in [-0.2, -0.15) is 11.3 Å². The van der Waals surface area contributed by atoms with Gasteiger partial charge < -0.3 is 5.73 Å². The summed E-state index contributed by atoms with van der Waals surface area (Å²) in [4.78, 5) is 3.98. The Bertz CT molecular complexity index is 315. The van der Waals surface area contributed by atoms with E-state index in [9.17, 15) is 0 Å². The zero-order valence-corrected chi connectivity index (χ0v) is 6.06. The van der Waals surface area contributed by atoms with Gasteiger partial charge in [0.25, 0.3) is 0 Å². The van der Waals surface area contributed by atoms with Crippen LogP contribution in [0.3, 0.4) is 0 Å². The Morgan fingerprint density at radius 3 is 3.20 bits per heavy atom. The maximum absolute atomic E-state index is 5.57. The summed E-state index contributed by atoms with van der Waals surface area (Å²) in [5.74, 6) is 0.631. The molecule has 0 saturated heterocycles. The van der Waals surface area contributed by atoms with Crippen molar-refractivity contribution in [3.8, 4) is 11.1 Å². The van der Waals surface area contributed by atoms with E-state index < -0.39 is 0 Å². The number of rotatable bonds is 0. The van der Waals surface area contributed by atoms with Crippen LogP contribution < -0.4 is 5.73 Å². The molecule has 2 N–H and O–H groups in total. The fraction of sp³-hybridized carbons (Fsp3) is 0. The fourth-order valence-corrected chi connectivity index (χ4v) is 1.60. The number of aromatic nitrogens is 1. The van der Waals surface area contributed by atoms with Crippen molar-refractivity contribution in [1.29, 1.82) is 0 Å². The SMILES string of the molecule is Nc1ncc2ccscc1-2. The normalized spacial score (nSPS) is 10.4. The van der Waals surface area contributed by atoms with E-state index >= 15 is 0 Å². The van der Waals surface area contributed by atoms with Crippen molar-refractivity contribution in [3.63, 3.8) is 0 Å². The third-order valence-corrected chi connectivity index (χ3v) is 2.11. The summed E-state index contributed by atoms with van der Waals surface area (Å²) in [6.45, 7) is 0. The Morgan fingerprint density at radius 1 is 1.50 bits per heavy atom. The minimum absolute atomic E-state index is 0.631. The van der Waals surface area contributed by atoms with Crippen LogP contribution in [0.15, 0.2) is 23.0 Å². The van der Waals surface area contributed by atoms with Crippen LogP contribution >= 0.6 is 11.3 Å². The molecule has 0 atom stereocenters. The lowest BCUT2D eigenvalue weighted by molar-refractivity contribution is 1.42. The molecule has 2 aliphatic heterocycles. The first-order valence-corrected chi connectivity index (χ1v) is 3.88. The molecule has 0 aromatic carbocycles. The first-order chi connectivity index (χ1) is 4.88. The van der Waals surface area contributed by atoms with Crippen LogP contribution in [0, 0.1) is 0 Å². The summed E-state index contributed by atoms with van der Waals surface area (Å²) < 4.78 is 0. The van der Waals surface area contributed by atoms with Crippen LogP contribution in [0.4, 0.5) is 5.82 Å². The maximum Gasteiger partial charge on any atom is 0.132 e. The predicted molar refractivity (Wildman–Crippen MR) is 43.1 cm³/mol. The number of hydrogen-bond acceptors (Lipinski definition) is 3. The molecule has 10 heavy (non-hydrogen) atoms. The Hall–Kier alpha value is -1.09. The molecule has 50 valence electrons. The van der Waals surface area contributed by atoms with E-state index in [-0.39, 0.29) is 0 Å². The summed E-state index contributed by atoms with van der Waals surface area (Å²) in [6.07, 6.45) is 1.79. The van der Waals surface area contributed by atoms with E-state index in [1.54, 1.807) is 17.5 Å². The summed E-state index contributed by atoms with van der Waals surface area (Å²) >= 11 is 1.63. The summed E-state index contributed by atoms with van der Waals surface area (Å²) in [5.41, 5.74) is 7.76. The van der Waals surface area contributed by atoms with Gasteiger partial charge in [-0.1, -0.05) is 0 Å².